The molecule has 2 amide bonds. The van der Waals surface area contributed by atoms with Gasteiger partial charge < -0.3 is 19.1 Å². The number of imidazole rings is 1. The van der Waals surface area contributed by atoms with Crippen LogP contribution in [0.25, 0.3) is 16.9 Å². The summed E-state index contributed by atoms with van der Waals surface area (Å²) in [5, 5.41) is 3.51. The van der Waals surface area contributed by atoms with Gasteiger partial charge in [-0.25, -0.2) is 4.98 Å². The number of amides is 2. The number of anilines is 1. The van der Waals surface area contributed by atoms with E-state index >= 15 is 0 Å². The molecule has 0 saturated carbocycles. The van der Waals surface area contributed by atoms with Gasteiger partial charge in [0.05, 0.1) is 31.7 Å². The summed E-state index contributed by atoms with van der Waals surface area (Å²) >= 11 is 6.06. The van der Waals surface area contributed by atoms with Gasteiger partial charge in [0, 0.05) is 42.4 Å². The number of carbonyl (C=O) groups excluding carboxylic acids is 2. The first-order valence-electron chi connectivity index (χ1n) is 12.2. The van der Waals surface area contributed by atoms with Gasteiger partial charge in [-0.2, -0.15) is 0 Å². The molecular weight excluding hydrogens is 496 g/mol. The van der Waals surface area contributed by atoms with Crippen molar-refractivity contribution in [3.63, 3.8) is 0 Å². The maximum atomic E-state index is 13.2. The number of carbonyl (C=O) groups is 2. The highest BCUT2D eigenvalue weighted by atomic mass is 35.5. The lowest BCUT2D eigenvalue weighted by atomic mass is 10.2. The smallest absolute Gasteiger partial charge is 0.246 e. The number of methoxy groups -OCH3 is 2. The first-order valence-corrected chi connectivity index (χ1v) is 12.6. The van der Waals surface area contributed by atoms with E-state index in [1.165, 1.54) is 0 Å². The predicted molar refractivity (Wildman–Crippen MR) is 142 cm³/mol. The molecule has 0 unspecified atom stereocenters. The van der Waals surface area contributed by atoms with E-state index in [0.717, 1.165) is 18.4 Å². The molecule has 0 spiro atoms. The Balaban J connectivity index is 1.63. The standard InChI is InChI=1S/C27H31ClN4O5/c1-4-26(34)31(15-21-6-5-13-37-21)17-25(33)30-27-29-22(18-7-9-19(28)10-8-18)16-32(27)20-11-12-23(35-2)24(14-20)36-3/h7-12,14,16,21H,4-6,13,15,17H2,1-3H3,(H,29,30,33)/t21-/m1/s1. The van der Waals surface area contributed by atoms with Crippen molar-refractivity contribution in [3.8, 4) is 28.4 Å². The lowest BCUT2D eigenvalue weighted by molar-refractivity contribution is -0.135. The average Bonchev–Trinajstić information content (AvgIpc) is 3.58. The lowest BCUT2D eigenvalue weighted by Gasteiger charge is -2.24. The monoisotopic (exact) mass is 526 g/mol. The molecule has 1 fully saturated rings. The van der Waals surface area contributed by atoms with Crippen LogP contribution < -0.4 is 14.8 Å². The third kappa shape index (κ3) is 6.42. The SMILES string of the molecule is CCC(=O)N(CC(=O)Nc1nc(-c2ccc(Cl)cc2)cn1-c1ccc(OC)c(OC)c1)C[C@H]1CCCO1. The quantitative estimate of drug-likeness (QED) is 0.416. The Morgan fingerprint density at radius 1 is 1.16 bits per heavy atom. The average molecular weight is 527 g/mol. The Hall–Kier alpha value is -3.56. The summed E-state index contributed by atoms with van der Waals surface area (Å²) in [5.41, 5.74) is 2.18. The van der Waals surface area contributed by atoms with Crippen LogP contribution in [-0.2, 0) is 14.3 Å². The molecule has 9 nitrogen and oxygen atoms in total. The normalized spacial score (nSPS) is 14.9. The Kier molecular flexibility index (Phi) is 8.68. The van der Waals surface area contributed by atoms with Crippen LogP contribution in [0.5, 0.6) is 11.5 Å². The summed E-state index contributed by atoms with van der Waals surface area (Å²) in [4.78, 5) is 31.9. The number of hydrogen-bond donors (Lipinski definition) is 1. The van der Waals surface area contributed by atoms with E-state index in [2.05, 4.69) is 10.3 Å². The van der Waals surface area contributed by atoms with Gasteiger partial charge in [0.1, 0.15) is 6.54 Å². The van der Waals surface area contributed by atoms with Crippen LogP contribution in [0.3, 0.4) is 0 Å². The summed E-state index contributed by atoms with van der Waals surface area (Å²) in [5.74, 6) is 0.974. The third-order valence-electron chi connectivity index (χ3n) is 6.18. The van der Waals surface area contributed by atoms with Crippen molar-refractivity contribution in [2.24, 2.45) is 0 Å². The van der Waals surface area contributed by atoms with Crippen molar-refractivity contribution in [3.05, 3.63) is 53.7 Å². The summed E-state index contributed by atoms with van der Waals surface area (Å²) in [6, 6.07) is 12.7. The number of nitrogens with one attached hydrogen (secondary N) is 1. The van der Waals surface area contributed by atoms with Gasteiger partial charge in [-0.3, -0.25) is 19.5 Å². The van der Waals surface area contributed by atoms with E-state index in [9.17, 15) is 9.59 Å². The fraction of sp³-hybridized carbons (Fsp3) is 0.370. The van der Waals surface area contributed by atoms with E-state index in [-0.39, 0.29) is 24.5 Å². The number of halogens is 1. The van der Waals surface area contributed by atoms with Crippen molar-refractivity contribution in [2.75, 3.05) is 39.2 Å². The van der Waals surface area contributed by atoms with Crippen LogP contribution in [0, 0.1) is 0 Å². The topological polar surface area (TPSA) is 94.9 Å². The number of benzene rings is 2. The summed E-state index contributed by atoms with van der Waals surface area (Å²) < 4.78 is 18.3. The van der Waals surface area contributed by atoms with E-state index < -0.39 is 0 Å². The molecule has 10 heteroatoms. The molecule has 1 aliphatic heterocycles. The molecular formula is C27H31ClN4O5. The van der Waals surface area contributed by atoms with Gasteiger partial charge >= 0.3 is 0 Å². The molecule has 2 heterocycles. The van der Waals surface area contributed by atoms with Crippen LogP contribution in [-0.4, -0.2) is 66.3 Å². The van der Waals surface area contributed by atoms with Crippen molar-refractivity contribution >= 4 is 29.4 Å². The fourth-order valence-electron chi connectivity index (χ4n) is 4.25. The molecule has 1 aliphatic rings. The van der Waals surface area contributed by atoms with Crippen molar-refractivity contribution in [2.45, 2.75) is 32.3 Å². The maximum Gasteiger partial charge on any atom is 0.246 e. The number of hydrogen-bond acceptors (Lipinski definition) is 6. The maximum absolute atomic E-state index is 13.2. The molecule has 1 aromatic heterocycles. The minimum Gasteiger partial charge on any atom is -0.493 e. The molecule has 2 aromatic carbocycles. The summed E-state index contributed by atoms with van der Waals surface area (Å²) in [6.07, 6.45) is 3.92. The number of ether oxygens (including phenoxy) is 3. The van der Waals surface area contributed by atoms with Crippen molar-refractivity contribution < 1.29 is 23.8 Å². The second kappa shape index (κ2) is 12.1. The summed E-state index contributed by atoms with van der Waals surface area (Å²) in [6.45, 7) is 2.76. The molecule has 196 valence electrons. The number of nitrogens with zero attached hydrogens (tertiary/aromatic N) is 3. The Bertz CT molecular complexity index is 1240. The van der Waals surface area contributed by atoms with E-state index in [1.54, 1.807) is 54.9 Å². The highest BCUT2D eigenvalue weighted by Gasteiger charge is 2.24. The van der Waals surface area contributed by atoms with Gasteiger partial charge in [-0.15, -0.1) is 0 Å². The molecule has 3 aromatic rings. The molecule has 0 bridgehead atoms. The first kappa shape index (κ1) is 26.5. The Labute approximate surface area is 221 Å². The van der Waals surface area contributed by atoms with Crippen LogP contribution in [0.2, 0.25) is 5.02 Å². The first-order chi connectivity index (χ1) is 17.9. The summed E-state index contributed by atoms with van der Waals surface area (Å²) in [7, 11) is 3.13. The minimum absolute atomic E-state index is 0.0476. The lowest BCUT2D eigenvalue weighted by Crippen LogP contribution is -2.42. The van der Waals surface area contributed by atoms with Crippen LogP contribution in [0.4, 0.5) is 5.95 Å². The largest absolute Gasteiger partial charge is 0.493 e. The molecule has 37 heavy (non-hydrogen) atoms. The molecule has 0 aliphatic carbocycles. The van der Waals surface area contributed by atoms with E-state index in [1.807, 2.05) is 24.4 Å². The molecule has 0 radical (unpaired) electrons. The fourth-order valence-corrected chi connectivity index (χ4v) is 4.38. The minimum atomic E-state index is -0.352. The second-order valence-corrected chi connectivity index (χ2v) is 9.11. The van der Waals surface area contributed by atoms with Crippen molar-refractivity contribution in [1.29, 1.82) is 0 Å². The van der Waals surface area contributed by atoms with Crippen molar-refractivity contribution in [1.82, 2.24) is 14.5 Å². The molecule has 1 saturated heterocycles. The zero-order chi connectivity index (χ0) is 26.4. The zero-order valence-electron chi connectivity index (χ0n) is 21.2. The Morgan fingerprint density at radius 2 is 1.92 bits per heavy atom. The third-order valence-corrected chi connectivity index (χ3v) is 6.43. The molecule has 1 N–H and O–H groups in total. The van der Waals surface area contributed by atoms with Crippen LogP contribution in [0.1, 0.15) is 26.2 Å². The van der Waals surface area contributed by atoms with E-state index in [0.29, 0.717) is 53.4 Å². The highest BCUT2D eigenvalue weighted by Crippen LogP contribution is 2.32. The second-order valence-electron chi connectivity index (χ2n) is 8.68. The van der Waals surface area contributed by atoms with Gasteiger partial charge in [0.2, 0.25) is 17.8 Å². The highest BCUT2D eigenvalue weighted by molar-refractivity contribution is 6.30. The Morgan fingerprint density at radius 3 is 2.57 bits per heavy atom. The molecule has 4 rings (SSSR count). The van der Waals surface area contributed by atoms with Gasteiger partial charge in [0.15, 0.2) is 11.5 Å². The van der Waals surface area contributed by atoms with Crippen LogP contribution in [0.15, 0.2) is 48.7 Å². The molecule has 1 atom stereocenters. The predicted octanol–water partition coefficient (Wildman–Crippen LogP) is 4.57. The zero-order valence-corrected chi connectivity index (χ0v) is 22.0. The van der Waals surface area contributed by atoms with Gasteiger partial charge in [-0.1, -0.05) is 30.7 Å². The van der Waals surface area contributed by atoms with Gasteiger partial charge in [-0.05, 0) is 37.1 Å². The number of aromatic nitrogens is 2. The van der Waals surface area contributed by atoms with E-state index in [4.69, 9.17) is 25.8 Å². The van der Waals surface area contributed by atoms with Gasteiger partial charge in [0.25, 0.3) is 0 Å². The van der Waals surface area contributed by atoms with Crippen LogP contribution >= 0.6 is 11.6 Å². The number of rotatable bonds is 10.